The Hall–Kier alpha value is -1.81. The molecule has 0 saturated carbocycles. The second-order valence-electron chi connectivity index (χ2n) is 3.34. The first-order valence-electron chi connectivity index (χ1n) is 4.73. The van der Waals surface area contributed by atoms with E-state index in [0.717, 1.165) is 17.4 Å². The fraction of sp³-hybridized carbons (Fsp3) is 0.182. The first-order valence-corrected chi connectivity index (χ1v) is 4.73. The molecule has 0 bridgehead atoms. The van der Waals surface area contributed by atoms with Crippen molar-refractivity contribution in [3.63, 3.8) is 0 Å². The lowest BCUT2D eigenvalue weighted by Gasteiger charge is -2.06. The van der Waals surface area contributed by atoms with Crippen LogP contribution < -0.4 is 17.1 Å². The molecule has 0 radical (unpaired) electrons. The number of hydrogen-bond donors (Lipinski definition) is 2. The number of nitrogens with two attached hydrogens (primary N) is 2. The van der Waals surface area contributed by atoms with Gasteiger partial charge in [-0.1, -0.05) is 6.07 Å². The molecule has 1 aromatic heterocycles. The van der Waals surface area contributed by atoms with Crippen LogP contribution in [-0.2, 0) is 6.42 Å². The second-order valence-corrected chi connectivity index (χ2v) is 3.34. The summed E-state index contributed by atoms with van der Waals surface area (Å²) >= 11 is 0. The van der Waals surface area contributed by atoms with E-state index in [1.807, 2.05) is 6.07 Å². The summed E-state index contributed by atoms with van der Waals surface area (Å²) in [6.07, 6.45) is 0.723. The Labute approximate surface area is 86.5 Å². The van der Waals surface area contributed by atoms with Crippen molar-refractivity contribution in [2.75, 3.05) is 12.3 Å². The normalized spacial score (nSPS) is 10.7. The molecule has 0 amide bonds. The summed E-state index contributed by atoms with van der Waals surface area (Å²) in [6, 6.07) is 6.63. The van der Waals surface area contributed by atoms with Gasteiger partial charge in [0.25, 0.3) is 0 Å². The highest BCUT2D eigenvalue weighted by Crippen LogP contribution is 2.23. The van der Waals surface area contributed by atoms with Gasteiger partial charge in [0.15, 0.2) is 0 Å². The molecule has 78 valence electrons. The molecule has 4 N–H and O–H groups in total. The third kappa shape index (κ3) is 1.71. The van der Waals surface area contributed by atoms with E-state index >= 15 is 0 Å². The van der Waals surface area contributed by atoms with E-state index in [0.29, 0.717) is 17.8 Å². The molecule has 0 aliphatic rings. The van der Waals surface area contributed by atoms with Crippen molar-refractivity contribution in [2.24, 2.45) is 5.73 Å². The fourth-order valence-electron chi connectivity index (χ4n) is 1.59. The van der Waals surface area contributed by atoms with Gasteiger partial charge < -0.3 is 15.9 Å². The van der Waals surface area contributed by atoms with E-state index in [1.54, 1.807) is 12.1 Å². The summed E-state index contributed by atoms with van der Waals surface area (Å²) in [5.74, 6) is 0. The highest BCUT2D eigenvalue weighted by molar-refractivity contribution is 5.90. The Bertz CT molecular complexity index is 546. The van der Waals surface area contributed by atoms with Crippen molar-refractivity contribution in [3.8, 4) is 0 Å². The zero-order chi connectivity index (χ0) is 10.8. The van der Waals surface area contributed by atoms with Gasteiger partial charge in [0, 0.05) is 17.1 Å². The van der Waals surface area contributed by atoms with E-state index in [2.05, 4.69) is 0 Å². The molecule has 0 spiro atoms. The van der Waals surface area contributed by atoms with Gasteiger partial charge in [-0.2, -0.15) is 0 Å². The van der Waals surface area contributed by atoms with Crippen LogP contribution >= 0.6 is 0 Å². The maximum absolute atomic E-state index is 11.0. The van der Waals surface area contributed by atoms with Crippen molar-refractivity contribution >= 4 is 16.7 Å². The SMILES string of the molecule is NCCc1ccc2oc(=O)ccc2c1N. The molecule has 0 fully saturated rings. The average molecular weight is 204 g/mol. The third-order valence-corrected chi connectivity index (χ3v) is 2.35. The molecular formula is C11H12N2O2. The monoisotopic (exact) mass is 204 g/mol. The second kappa shape index (κ2) is 3.74. The lowest BCUT2D eigenvalue weighted by Crippen LogP contribution is -2.06. The molecule has 1 aromatic carbocycles. The quantitative estimate of drug-likeness (QED) is 0.562. The van der Waals surface area contributed by atoms with Gasteiger partial charge in [0.05, 0.1) is 0 Å². The van der Waals surface area contributed by atoms with Gasteiger partial charge in [-0.05, 0) is 30.7 Å². The highest BCUT2D eigenvalue weighted by atomic mass is 16.4. The predicted octanol–water partition coefficient (Wildman–Crippen LogP) is 0.876. The molecule has 0 aliphatic heterocycles. The van der Waals surface area contributed by atoms with Crippen molar-refractivity contribution in [3.05, 3.63) is 40.2 Å². The third-order valence-electron chi connectivity index (χ3n) is 2.35. The van der Waals surface area contributed by atoms with E-state index in [9.17, 15) is 4.79 Å². The largest absolute Gasteiger partial charge is 0.423 e. The van der Waals surface area contributed by atoms with Crippen molar-refractivity contribution in [2.45, 2.75) is 6.42 Å². The van der Waals surface area contributed by atoms with Crippen LogP contribution in [0.25, 0.3) is 11.0 Å². The molecule has 15 heavy (non-hydrogen) atoms. The molecule has 0 saturated heterocycles. The van der Waals surface area contributed by atoms with Crippen LogP contribution in [0.1, 0.15) is 5.56 Å². The first kappa shape index (κ1) is 9.73. The predicted molar refractivity (Wildman–Crippen MR) is 59.7 cm³/mol. The maximum atomic E-state index is 11.0. The fourth-order valence-corrected chi connectivity index (χ4v) is 1.59. The molecule has 2 rings (SSSR count). The van der Waals surface area contributed by atoms with E-state index < -0.39 is 0 Å². The van der Waals surface area contributed by atoms with Crippen molar-refractivity contribution in [1.29, 1.82) is 0 Å². The molecule has 0 unspecified atom stereocenters. The molecule has 2 aromatic rings. The van der Waals surface area contributed by atoms with Crippen LogP contribution in [0.15, 0.2) is 33.5 Å². The number of benzene rings is 1. The number of nitrogen functional groups attached to an aromatic ring is 1. The minimum atomic E-state index is -0.367. The van der Waals surface area contributed by atoms with Gasteiger partial charge in [-0.25, -0.2) is 4.79 Å². The van der Waals surface area contributed by atoms with Crippen LogP contribution in [0, 0.1) is 0 Å². The topological polar surface area (TPSA) is 82.2 Å². The van der Waals surface area contributed by atoms with Gasteiger partial charge >= 0.3 is 5.63 Å². The molecule has 4 nitrogen and oxygen atoms in total. The zero-order valence-electron chi connectivity index (χ0n) is 8.19. The Balaban J connectivity index is 2.68. The van der Waals surface area contributed by atoms with Gasteiger partial charge in [-0.15, -0.1) is 0 Å². The highest BCUT2D eigenvalue weighted by Gasteiger charge is 2.05. The van der Waals surface area contributed by atoms with Gasteiger partial charge in [0.2, 0.25) is 0 Å². The first-order chi connectivity index (χ1) is 7.22. The Kier molecular flexibility index (Phi) is 2.43. The molecule has 4 heteroatoms. The number of rotatable bonds is 2. The summed E-state index contributed by atoms with van der Waals surface area (Å²) in [4.78, 5) is 11.0. The maximum Gasteiger partial charge on any atom is 0.336 e. The lowest BCUT2D eigenvalue weighted by atomic mass is 10.1. The van der Waals surface area contributed by atoms with Crippen LogP contribution in [-0.4, -0.2) is 6.54 Å². The Morgan fingerprint density at radius 2 is 2.00 bits per heavy atom. The summed E-state index contributed by atoms with van der Waals surface area (Å²) < 4.78 is 5.01. The molecule has 1 heterocycles. The zero-order valence-corrected chi connectivity index (χ0v) is 8.19. The Morgan fingerprint density at radius 3 is 2.73 bits per heavy atom. The molecule has 0 atom stereocenters. The summed E-state index contributed by atoms with van der Waals surface area (Å²) in [5.41, 5.74) is 13.2. The lowest BCUT2D eigenvalue weighted by molar-refractivity contribution is 0.561. The van der Waals surface area contributed by atoms with Crippen LogP contribution in [0.2, 0.25) is 0 Å². The minimum Gasteiger partial charge on any atom is -0.423 e. The number of hydrogen-bond acceptors (Lipinski definition) is 4. The van der Waals surface area contributed by atoms with Gasteiger partial charge in [-0.3, -0.25) is 0 Å². The van der Waals surface area contributed by atoms with Crippen molar-refractivity contribution in [1.82, 2.24) is 0 Å². The number of fused-ring (bicyclic) bond motifs is 1. The van der Waals surface area contributed by atoms with Crippen LogP contribution in [0.5, 0.6) is 0 Å². The van der Waals surface area contributed by atoms with E-state index in [-0.39, 0.29) is 5.63 Å². The van der Waals surface area contributed by atoms with Crippen molar-refractivity contribution < 1.29 is 4.42 Å². The summed E-state index contributed by atoms with van der Waals surface area (Å²) in [6.45, 7) is 0.548. The summed E-state index contributed by atoms with van der Waals surface area (Å²) in [7, 11) is 0. The van der Waals surface area contributed by atoms with Crippen LogP contribution in [0.3, 0.4) is 0 Å². The van der Waals surface area contributed by atoms with E-state index in [4.69, 9.17) is 15.9 Å². The van der Waals surface area contributed by atoms with E-state index in [1.165, 1.54) is 6.07 Å². The molecule has 0 aliphatic carbocycles. The van der Waals surface area contributed by atoms with Crippen LogP contribution in [0.4, 0.5) is 5.69 Å². The standard InChI is InChI=1S/C11H12N2O2/c12-6-5-7-1-3-9-8(11(7)13)2-4-10(14)15-9/h1-4H,5-6,12-13H2. The minimum absolute atomic E-state index is 0.367. The molecular weight excluding hydrogens is 192 g/mol. The smallest absolute Gasteiger partial charge is 0.336 e. The number of anilines is 1. The van der Waals surface area contributed by atoms with Gasteiger partial charge in [0.1, 0.15) is 5.58 Å². The Morgan fingerprint density at radius 1 is 1.20 bits per heavy atom. The average Bonchev–Trinajstić information content (AvgIpc) is 2.22. The summed E-state index contributed by atoms with van der Waals surface area (Å²) in [5, 5.41) is 0.764.